The molecule has 1 aromatic carbocycles. The Morgan fingerprint density at radius 1 is 1.30 bits per heavy atom. The van der Waals surface area contributed by atoms with E-state index >= 15 is 0 Å². The van der Waals surface area contributed by atoms with Crippen molar-refractivity contribution in [3.8, 4) is 0 Å². The van der Waals surface area contributed by atoms with Crippen LogP contribution in [0.2, 0.25) is 0 Å². The molecule has 0 amide bonds. The highest BCUT2D eigenvalue weighted by molar-refractivity contribution is 7.88. The summed E-state index contributed by atoms with van der Waals surface area (Å²) in [4.78, 5) is 2.13. The summed E-state index contributed by atoms with van der Waals surface area (Å²) in [6, 6.07) is 9.48. The maximum absolute atomic E-state index is 12.9. The molecule has 2 aromatic rings. The summed E-state index contributed by atoms with van der Waals surface area (Å²) in [7, 11) is -1.46. The first-order valence-electron chi connectivity index (χ1n) is 7.69. The number of para-hydroxylation sites is 1. The van der Waals surface area contributed by atoms with Gasteiger partial charge in [-0.1, -0.05) is 30.3 Å². The van der Waals surface area contributed by atoms with E-state index in [-0.39, 0.29) is 11.8 Å². The molecule has 1 aliphatic heterocycles. The quantitative estimate of drug-likeness (QED) is 0.857. The first kappa shape index (κ1) is 16.0. The van der Waals surface area contributed by atoms with Gasteiger partial charge in [0.25, 0.3) is 0 Å². The summed E-state index contributed by atoms with van der Waals surface area (Å²) < 4.78 is 32.2. The van der Waals surface area contributed by atoms with Crippen molar-refractivity contribution < 1.29 is 12.9 Å². The topological polar surface area (TPSA) is 66.7 Å². The average Bonchev–Trinajstić information content (AvgIpc) is 2.97. The van der Waals surface area contributed by atoms with E-state index in [1.165, 1.54) is 6.26 Å². The molecular formula is C16H21N3O3S. The van der Waals surface area contributed by atoms with Crippen molar-refractivity contribution in [3.05, 3.63) is 47.9 Å². The lowest BCUT2D eigenvalue weighted by molar-refractivity contribution is 0.314. The maximum Gasteiger partial charge on any atom is 0.220 e. The number of hydrogen-bond donors (Lipinski definition) is 0. The fourth-order valence-corrected chi connectivity index (χ4v) is 4.75. The highest BCUT2D eigenvalue weighted by Gasteiger charge is 2.33. The van der Waals surface area contributed by atoms with E-state index in [2.05, 4.69) is 10.1 Å². The van der Waals surface area contributed by atoms with Gasteiger partial charge in [0.05, 0.1) is 5.69 Å². The van der Waals surface area contributed by atoms with Crippen LogP contribution in [0.25, 0.3) is 0 Å². The molecule has 23 heavy (non-hydrogen) atoms. The van der Waals surface area contributed by atoms with Crippen LogP contribution in [-0.2, 0) is 22.3 Å². The van der Waals surface area contributed by atoms with Crippen LogP contribution in [0.1, 0.15) is 24.6 Å². The van der Waals surface area contributed by atoms with Crippen LogP contribution in [0.4, 0.5) is 5.69 Å². The summed E-state index contributed by atoms with van der Waals surface area (Å²) in [5.41, 5.74) is 2.55. The lowest BCUT2D eigenvalue weighted by Crippen LogP contribution is -2.43. The second kappa shape index (κ2) is 6.33. The van der Waals surface area contributed by atoms with Crippen LogP contribution in [0.15, 0.2) is 41.1 Å². The number of benzene rings is 1. The SMILES string of the molecule is CCC1CN(C)c2ccccc2CN1S(=O)(=O)Cc1ccon1. The minimum Gasteiger partial charge on any atom is -0.373 e. The van der Waals surface area contributed by atoms with Gasteiger partial charge in [0.15, 0.2) is 0 Å². The highest BCUT2D eigenvalue weighted by Crippen LogP contribution is 2.29. The predicted octanol–water partition coefficient (Wildman–Crippen LogP) is 2.24. The Morgan fingerprint density at radius 2 is 2.09 bits per heavy atom. The van der Waals surface area contributed by atoms with E-state index in [0.29, 0.717) is 18.8 Å². The summed E-state index contributed by atoms with van der Waals surface area (Å²) in [5, 5.41) is 3.74. The fraction of sp³-hybridized carbons (Fsp3) is 0.438. The number of sulfonamides is 1. The Labute approximate surface area is 136 Å². The zero-order chi connectivity index (χ0) is 16.4. The first-order valence-corrected chi connectivity index (χ1v) is 9.30. The molecule has 2 heterocycles. The molecule has 124 valence electrons. The van der Waals surface area contributed by atoms with Gasteiger partial charge in [-0.3, -0.25) is 0 Å². The van der Waals surface area contributed by atoms with Gasteiger partial charge in [0.1, 0.15) is 12.0 Å². The standard InChI is InChI=1S/C16H21N3O3S/c1-3-15-11-18(2)16-7-5-4-6-13(16)10-19(15)23(20,21)12-14-8-9-22-17-14/h4-9,15H,3,10-12H2,1-2H3. The van der Waals surface area contributed by atoms with Crippen molar-refractivity contribution in [2.75, 3.05) is 18.5 Å². The van der Waals surface area contributed by atoms with Crippen LogP contribution in [0.3, 0.4) is 0 Å². The van der Waals surface area contributed by atoms with E-state index in [0.717, 1.165) is 17.7 Å². The number of likely N-dealkylation sites (N-methyl/N-ethyl adjacent to an activating group) is 1. The Hall–Kier alpha value is -1.86. The Bertz CT molecular complexity index is 759. The van der Waals surface area contributed by atoms with Gasteiger partial charge >= 0.3 is 0 Å². The summed E-state index contributed by atoms with van der Waals surface area (Å²) in [6.45, 7) is 3.08. The van der Waals surface area contributed by atoms with Crippen LogP contribution >= 0.6 is 0 Å². The Morgan fingerprint density at radius 3 is 2.78 bits per heavy atom. The van der Waals surface area contributed by atoms with Crippen LogP contribution in [0, 0.1) is 0 Å². The molecule has 6 nitrogen and oxygen atoms in total. The molecule has 7 heteroatoms. The number of fused-ring (bicyclic) bond motifs is 1. The predicted molar refractivity (Wildman–Crippen MR) is 88.5 cm³/mol. The van der Waals surface area contributed by atoms with E-state index in [9.17, 15) is 8.42 Å². The number of anilines is 1. The zero-order valence-corrected chi connectivity index (χ0v) is 14.2. The average molecular weight is 335 g/mol. The van der Waals surface area contributed by atoms with Crippen molar-refractivity contribution in [1.82, 2.24) is 9.46 Å². The minimum absolute atomic E-state index is 0.0655. The van der Waals surface area contributed by atoms with E-state index in [1.54, 1.807) is 10.4 Å². The number of aromatic nitrogens is 1. The van der Waals surface area contributed by atoms with Crippen LogP contribution in [-0.4, -0.2) is 37.5 Å². The van der Waals surface area contributed by atoms with Crippen molar-refractivity contribution in [2.45, 2.75) is 31.7 Å². The molecule has 0 saturated carbocycles. The maximum atomic E-state index is 12.9. The monoisotopic (exact) mass is 335 g/mol. The molecule has 1 aromatic heterocycles. The second-order valence-electron chi connectivity index (χ2n) is 5.86. The highest BCUT2D eigenvalue weighted by atomic mass is 32.2. The molecule has 0 bridgehead atoms. The van der Waals surface area contributed by atoms with Crippen molar-refractivity contribution in [3.63, 3.8) is 0 Å². The number of nitrogens with zero attached hydrogens (tertiary/aromatic N) is 3. The van der Waals surface area contributed by atoms with E-state index in [4.69, 9.17) is 4.52 Å². The van der Waals surface area contributed by atoms with Gasteiger partial charge in [0, 0.05) is 37.9 Å². The van der Waals surface area contributed by atoms with Gasteiger partial charge in [-0.25, -0.2) is 8.42 Å². The number of rotatable bonds is 4. The van der Waals surface area contributed by atoms with Crippen molar-refractivity contribution in [2.24, 2.45) is 0 Å². The molecule has 0 fully saturated rings. The Kier molecular flexibility index (Phi) is 4.41. The number of hydrogen-bond acceptors (Lipinski definition) is 5. The summed E-state index contributed by atoms with van der Waals surface area (Å²) in [6.07, 6.45) is 2.16. The molecule has 0 radical (unpaired) electrons. The third kappa shape index (κ3) is 3.25. The van der Waals surface area contributed by atoms with Crippen molar-refractivity contribution in [1.29, 1.82) is 0 Å². The molecule has 1 aliphatic rings. The molecule has 3 rings (SSSR count). The molecule has 0 spiro atoms. The summed E-state index contributed by atoms with van der Waals surface area (Å²) >= 11 is 0. The smallest absolute Gasteiger partial charge is 0.220 e. The molecule has 0 saturated heterocycles. The molecule has 1 atom stereocenters. The van der Waals surface area contributed by atoms with Crippen LogP contribution in [0.5, 0.6) is 0 Å². The fourth-order valence-electron chi connectivity index (χ4n) is 3.06. The molecular weight excluding hydrogens is 314 g/mol. The van der Waals surface area contributed by atoms with E-state index < -0.39 is 10.0 Å². The summed E-state index contributed by atoms with van der Waals surface area (Å²) in [5.74, 6) is -0.133. The largest absolute Gasteiger partial charge is 0.373 e. The van der Waals surface area contributed by atoms with Gasteiger partial charge in [-0.05, 0) is 18.1 Å². The molecule has 0 aliphatic carbocycles. The van der Waals surface area contributed by atoms with Gasteiger partial charge < -0.3 is 9.42 Å². The van der Waals surface area contributed by atoms with Gasteiger partial charge in [-0.15, -0.1) is 0 Å². The van der Waals surface area contributed by atoms with Crippen molar-refractivity contribution >= 4 is 15.7 Å². The van der Waals surface area contributed by atoms with Gasteiger partial charge in [-0.2, -0.15) is 4.31 Å². The van der Waals surface area contributed by atoms with Crippen LogP contribution < -0.4 is 4.90 Å². The molecule has 0 N–H and O–H groups in total. The minimum atomic E-state index is -3.47. The Balaban J connectivity index is 1.96. The first-order chi connectivity index (χ1) is 11.0. The van der Waals surface area contributed by atoms with E-state index in [1.807, 2.05) is 38.2 Å². The normalized spacial score (nSPS) is 19.4. The second-order valence-corrected chi connectivity index (χ2v) is 7.79. The lowest BCUT2D eigenvalue weighted by atomic mass is 10.1. The van der Waals surface area contributed by atoms with Gasteiger partial charge in [0.2, 0.25) is 10.0 Å². The molecule has 1 unspecified atom stereocenters. The lowest BCUT2D eigenvalue weighted by Gasteiger charge is -2.29. The zero-order valence-electron chi connectivity index (χ0n) is 13.3. The third-order valence-corrected chi connectivity index (χ3v) is 6.07. The third-order valence-electron chi connectivity index (χ3n) is 4.27.